The monoisotopic (exact) mass is 402 g/mol. The van der Waals surface area contributed by atoms with Crippen molar-refractivity contribution in [2.24, 2.45) is 0 Å². The number of para-hydroxylation sites is 1. The number of nitrogens with one attached hydrogen (secondary N) is 1. The number of rotatable bonds is 2. The Labute approximate surface area is 121 Å². The molecule has 0 fully saturated rings. The van der Waals surface area contributed by atoms with Crippen molar-refractivity contribution in [3.63, 3.8) is 0 Å². The van der Waals surface area contributed by atoms with Gasteiger partial charge in [0.05, 0.1) is 5.69 Å². The summed E-state index contributed by atoms with van der Waals surface area (Å²) in [6.45, 7) is 0. The Hall–Kier alpha value is -0.950. The SMILES string of the molecule is O=C(Nc1ccccc1I)c1ccc(Br)cn1. The van der Waals surface area contributed by atoms with Crippen molar-refractivity contribution in [1.29, 1.82) is 0 Å². The Kier molecular flexibility index (Phi) is 4.11. The Morgan fingerprint density at radius 1 is 1.24 bits per heavy atom. The van der Waals surface area contributed by atoms with Gasteiger partial charge in [0.25, 0.3) is 5.91 Å². The van der Waals surface area contributed by atoms with Crippen LogP contribution in [0.1, 0.15) is 10.5 Å². The first-order valence-electron chi connectivity index (χ1n) is 4.84. The van der Waals surface area contributed by atoms with Crippen LogP contribution >= 0.6 is 38.5 Å². The van der Waals surface area contributed by atoms with Crippen LogP contribution in [0.15, 0.2) is 47.1 Å². The molecular weight excluding hydrogens is 395 g/mol. The molecule has 0 aliphatic heterocycles. The number of amides is 1. The van der Waals surface area contributed by atoms with E-state index in [1.165, 1.54) is 0 Å². The molecule has 0 aliphatic carbocycles. The highest BCUT2D eigenvalue weighted by molar-refractivity contribution is 14.1. The number of nitrogens with zero attached hydrogens (tertiary/aromatic N) is 1. The van der Waals surface area contributed by atoms with E-state index in [1.54, 1.807) is 18.3 Å². The Morgan fingerprint density at radius 2 is 2.00 bits per heavy atom. The molecule has 1 heterocycles. The van der Waals surface area contributed by atoms with Crippen molar-refractivity contribution in [2.75, 3.05) is 5.32 Å². The van der Waals surface area contributed by atoms with Gasteiger partial charge in [-0.2, -0.15) is 0 Å². The number of carbonyl (C=O) groups excluding carboxylic acids is 1. The summed E-state index contributed by atoms with van der Waals surface area (Å²) < 4.78 is 1.85. The van der Waals surface area contributed by atoms with Crippen LogP contribution in [0.5, 0.6) is 0 Å². The molecule has 1 aromatic heterocycles. The molecule has 17 heavy (non-hydrogen) atoms. The van der Waals surface area contributed by atoms with Crippen LogP contribution in [0.4, 0.5) is 5.69 Å². The van der Waals surface area contributed by atoms with Gasteiger partial charge >= 0.3 is 0 Å². The predicted molar refractivity (Wildman–Crippen MR) is 79.0 cm³/mol. The Balaban J connectivity index is 2.17. The number of hydrogen-bond acceptors (Lipinski definition) is 2. The zero-order valence-corrected chi connectivity index (χ0v) is 12.4. The minimum absolute atomic E-state index is 0.207. The maximum atomic E-state index is 11.9. The van der Waals surface area contributed by atoms with Gasteiger partial charge in [-0.05, 0) is 62.8 Å². The first-order chi connectivity index (χ1) is 8.16. The molecule has 2 aromatic rings. The van der Waals surface area contributed by atoms with Crippen molar-refractivity contribution in [2.45, 2.75) is 0 Å². The maximum absolute atomic E-state index is 11.9. The molecule has 0 unspecified atom stereocenters. The van der Waals surface area contributed by atoms with Crippen LogP contribution in [0, 0.1) is 3.57 Å². The molecule has 1 N–H and O–H groups in total. The second kappa shape index (κ2) is 5.59. The highest BCUT2D eigenvalue weighted by atomic mass is 127. The molecule has 0 saturated heterocycles. The number of aromatic nitrogens is 1. The number of anilines is 1. The van der Waals surface area contributed by atoms with Crippen LogP contribution in [0.2, 0.25) is 0 Å². The third-order valence-electron chi connectivity index (χ3n) is 2.08. The van der Waals surface area contributed by atoms with E-state index in [2.05, 4.69) is 48.8 Å². The predicted octanol–water partition coefficient (Wildman–Crippen LogP) is 3.70. The zero-order valence-electron chi connectivity index (χ0n) is 8.65. The lowest BCUT2D eigenvalue weighted by atomic mass is 10.3. The third-order valence-corrected chi connectivity index (χ3v) is 3.49. The molecule has 1 aromatic carbocycles. The van der Waals surface area contributed by atoms with Crippen LogP contribution in [-0.2, 0) is 0 Å². The Morgan fingerprint density at radius 3 is 2.65 bits per heavy atom. The molecule has 0 aliphatic rings. The molecule has 0 saturated carbocycles. The molecular formula is C12H8BrIN2O. The number of hydrogen-bond donors (Lipinski definition) is 1. The molecule has 86 valence electrons. The second-order valence-corrected chi connectivity index (χ2v) is 5.37. The fourth-order valence-corrected chi connectivity index (χ4v) is 2.02. The summed E-state index contributed by atoms with van der Waals surface area (Å²) >= 11 is 5.45. The molecule has 0 radical (unpaired) electrons. The van der Waals surface area contributed by atoms with E-state index in [-0.39, 0.29) is 5.91 Å². The minimum Gasteiger partial charge on any atom is -0.320 e. The third kappa shape index (κ3) is 3.26. The van der Waals surface area contributed by atoms with E-state index < -0.39 is 0 Å². The summed E-state index contributed by atoms with van der Waals surface area (Å²) in [5, 5.41) is 2.82. The molecule has 1 amide bonds. The van der Waals surface area contributed by atoms with Crippen molar-refractivity contribution >= 4 is 50.1 Å². The number of benzene rings is 1. The van der Waals surface area contributed by atoms with Crippen LogP contribution in [0.3, 0.4) is 0 Å². The van der Waals surface area contributed by atoms with Gasteiger partial charge < -0.3 is 5.32 Å². The summed E-state index contributed by atoms with van der Waals surface area (Å²) in [7, 11) is 0. The highest BCUT2D eigenvalue weighted by Gasteiger charge is 2.08. The van der Waals surface area contributed by atoms with Gasteiger partial charge in [-0.25, -0.2) is 4.98 Å². The summed E-state index contributed by atoms with van der Waals surface area (Å²) in [6.07, 6.45) is 1.60. The summed E-state index contributed by atoms with van der Waals surface area (Å²) in [5.41, 5.74) is 1.19. The van der Waals surface area contributed by atoms with E-state index in [0.29, 0.717) is 5.69 Å². The fraction of sp³-hybridized carbons (Fsp3) is 0. The zero-order chi connectivity index (χ0) is 12.3. The van der Waals surface area contributed by atoms with Gasteiger partial charge in [0.1, 0.15) is 5.69 Å². The maximum Gasteiger partial charge on any atom is 0.274 e. The van der Waals surface area contributed by atoms with Crippen molar-refractivity contribution in [3.8, 4) is 0 Å². The average molecular weight is 403 g/mol. The van der Waals surface area contributed by atoms with Gasteiger partial charge in [-0.15, -0.1) is 0 Å². The van der Waals surface area contributed by atoms with Gasteiger partial charge in [-0.1, -0.05) is 12.1 Å². The molecule has 5 heteroatoms. The minimum atomic E-state index is -0.207. The number of pyridine rings is 1. The lowest BCUT2D eigenvalue weighted by Gasteiger charge is -2.06. The molecule has 2 rings (SSSR count). The first-order valence-corrected chi connectivity index (χ1v) is 6.71. The molecule has 0 spiro atoms. The first kappa shape index (κ1) is 12.5. The van der Waals surface area contributed by atoms with Crippen molar-refractivity contribution < 1.29 is 4.79 Å². The van der Waals surface area contributed by atoms with Crippen LogP contribution < -0.4 is 5.32 Å². The van der Waals surface area contributed by atoms with Gasteiger partial charge in [0.15, 0.2) is 0 Å². The normalized spacial score (nSPS) is 10.0. The standard InChI is InChI=1S/C12H8BrIN2O/c13-8-5-6-11(15-7-8)12(17)16-10-4-2-1-3-9(10)14/h1-7H,(H,16,17). The fourth-order valence-electron chi connectivity index (χ4n) is 1.26. The van der Waals surface area contributed by atoms with E-state index in [4.69, 9.17) is 0 Å². The summed E-state index contributed by atoms with van der Waals surface area (Å²) in [6, 6.07) is 11.1. The number of halogens is 2. The smallest absolute Gasteiger partial charge is 0.274 e. The Bertz CT molecular complexity index is 542. The van der Waals surface area contributed by atoms with E-state index in [9.17, 15) is 4.79 Å². The van der Waals surface area contributed by atoms with Gasteiger partial charge in [0.2, 0.25) is 0 Å². The van der Waals surface area contributed by atoms with E-state index in [1.807, 2.05) is 24.3 Å². The van der Waals surface area contributed by atoms with Crippen molar-refractivity contribution in [3.05, 3.63) is 56.3 Å². The van der Waals surface area contributed by atoms with Crippen molar-refractivity contribution in [1.82, 2.24) is 4.98 Å². The topological polar surface area (TPSA) is 42.0 Å². The number of carbonyl (C=O) groups is 1. The van der Waals surface area contributed by atoms with Crippen LogP contribution in [-0.4, -0.2) is 10.9 Å². The molecule has 0 atom stereocenters. The lowest BCUT2D eigenvalue weighted by molar-refractivity contribution is 0.102. The summed E-state index contributed by atoms with van der Waals surface area (Å²) in [5.74, 6) is -0.207. The van der Waals surface area contributed by atoms with E-state index >= 15 is 0 Å². The average Bonchev–Trinajstić information content (AvgIpc) is 2.33. The molecule has 3 nitrogen and oxygen atoms in total. The summed E-state index contributed by atoms with van der Waals surface area (Å²) in [4.78, 5) is 15.9. The lowest BCUT2D eigenvalue weighted by Crippen LogP contribution is -2.14. The van der Waals surface area contributed by atoms with Gasteiger partial charge in [0, 0.05) is 14.2 Å². The quantitative estimate of drug-likeness (QED) is 0.778. The largest absolute Gasteiger partial charge is 0.320 e. The molecule has 0 bridgehead atoms. The second-order valence-electron chi connectivity index (χ2n) is 3.30. The van der Waals surface area contributed by atoms with Gasteiger partial charge in [-0.3, -0.25) is 4.79 Å². The highest BCUT2D eigenvalue weighted by Crippen LogP contribution is 2.17. The van der Waals surface area contributed by atoms with E-state index in [0.717, 1.165) is 13.7 Å². The van der Waals surface area contributed by atoms with Crippen LogP contribution in [0.25, 0.3) is 0 Å².